The van der Waals surface area contributed by atoms with E-state index in [0.29, 0.717) is 0 Å². The lowest BCUT2D eigenvalue weighted by atomic mass is 10.1. The van der Waals surface area contributed by atoms with Crippen molar-refractivity contribution in [2.75, 3.05) is 0 Å². The molecule has 4 nitrogen and oxygen atoms in total. The van der Waals surface area contributed by atoms with Gasteiger partial charge in [0.15, 0.2) is 5.76 Å². The van der Waals surface area contributed by atoms with Crippen molar-refractivity contribution in [1.29, 1.82) is 0 Å². The smallest absolute Gasteiger partial charge is 0.416 e. The number of amidine groups is 1. The number of furan rings is 1. The number of nitrogens with two attached hydrogens (primary N) is 1. The van der Waals surface area contributed by atoms with E-state index in [4.69, 9.17) is 15.4 Å². The van der Waals surface area contributed by atoms with Crippen molar-refractivity contribution < 1.29 is 22.8 Å². The van der Waals surface area contributed by atoms with E-state index >= 15 is 0 Å². The summed E-state index contributed by atoms with van der Waals surface area (Å²) in [4.78, 5) is 0. The molecular weight excluding hydrogens is 261 g/mol. The summed E-state index contributed by atoms with van der Waals surface area (Å²) in [7, 11) is 0. The summed E-state index contributed by atoms with van der Waals surface area (Å²) in [5.41, 5.74) is 4.80. The third-order valence-electron chi connectivity index (χ3n) is 2.44. The number of oxime groups is 1. The molecule has 0 aliphatic rings. The minimum atomic E-state index is -4.42. The standard InChI is InChI=1S/C12H9F3N2O2/c13-12(14,15)8-3-1-2-7(6-8)9-4-5-10(19-9)11(16)17-18/h1-6,18H,(H2,16,17). The van der Waals surface area contributed by atoms with Gasteiger partial charge in [-0.15, -0.1) is 0 Å². The van der Waals surface area contributed by atoms with Crippen molar-refractivity contribution in [3.05, 3.63) is 47.7 Å². The molecule has 1 aromatic heterocycles. The SMILES string of the molecule is NC(=NO)c1ccc(-c2cccc(C(F)(F)F)c2)o1. The molecule has 100 valence electrons. The molecular formula is C12H9F3N2O2. The Morgan fingerprint density at radius 3 is 2.58 bits per heavy atom. The van der Waals surface area contributed by atoms with Crippen LogP contribution in [0, 0.1) is 0 Å². The molecule has 7 heteroatoms. The van der Waals surface area contributed by atoms with Crippen LogP contribution in [-0.4, -0.2) is 11.0 Å². The van der Waals surface area contributed by atoms with Gasteiger partial charge in [-0.1, -0.05) is 17.3 Å². The maximum atomic E-state index is 12.6. The summed E-state index contributed by atoms with van der Waals surface area (Å²) >= 11 is 0. The first-order valence-corrected chi connectivity index (χ1v) is 5.17. The van der Waals surface area contributed by atoms with Crippen LogP contribution in [-0.2, 0) is 6.18 Å². The quantitative estimate of drug-likeness (QED) is 0.381. The average molecular weight is 270 g/mol. The third-order valence-corrected chi connectivity index (χ3v) is 2.44. The topological polar surface area (TPSA) is 71.8 Å². The van der Waals surface area contributed by atoms with Gasteiger partial charge in [0.05, 0.1) is 5.56 Å². The highest BCUT2D eigenvalue weighted by molar-refractivity contribution is 5.94. The number of hydrogen-bond acceptors (Lipinski definition) is 3. The Labute approximate surface area is 105 Å². The predicted molar refractivity (Wildman–Crippen MR) is 61.7 cm³/mol. The van der Waals surface area contributed by atoms with Gasteiger partial charge in [0, 0.05) is 5.56 Å². The van der Waals surface area contributed by atoms with Crippen LogP contribution in [0.15, 0.2) is 46.0 Å². The molecule has 0 saturated carbocycles. The Morgan fingerprint density at radius 2 is 1.95 bits per heavy atom. The van der Waals surface area contributed by atoms with Crippen molar-refractivity contribution in [3.63, 3.8) is 0 Å². The van der Waals surface area contributed by atoms with Crippen molar-refractivity contribution in [2.45, 2.75) is 6.18 Å². The number of nitrogens with zero attached hydrogens (tertiary/aromatic N) is 1. The maximum absolute atomic E-state index is 12.6. The molecule has 0 aliphatic heterocycles. The van der Waals surface area contributed by atoms with E-state index in [1.807, 2.05) is 0 Å². The Morgan fingerprint density at radius 1 is 1.21 bits per heavy atom. The maximum Gasteiger partial charge on any atom is 0.416 e. The van der Waals surface area contributed by atoms with Gasteiger partial charge in [0.25, 0.3) is 0 Å². The lowest BCUT2D eigenvalue weighted by Crippen LogP contribution is -2.11. The zero-order chi connectivity index (χ0) is 14.0. The molecule has 0 saturated heterocycles. The normalized spacial score (nSPS) is 12.7. The molecule has 0 spiro atoms. The van der Waals surface area contributed by atoms with E-state index in [1.165, 1.54) is 24.3 Å². The minimum absolute atomic E-state index is 0.0786. The van der Waals surface area contributed by atoms with Crippen LogP contribution in [0.3, 0.4) is 0 Å². The molecule has 0 atom stereocenters. The Kier molecular flexibility index (Phi) is 3.20. The molecule has 2 aromatic rings. The Balaban J connectivity index is 2.40. The van der Waals surface area contributed by atoms with Crippen molar-refractivity contribution >= 4 is 5.84 Å². The van der Waals surface area contributed by atoms with Crippen LogP contribution >= 0.6 is 0 Å². The summed E-state index contributed by atoms with van der Waals surface area (Å²) in [5, 5.41) is 11.2. The molecule has 0 amide bonds. The van der Waals surface area contributed by atoms with E-state index < -0.39 is 11.7 Å². The second-order valence-corrected chi connectivity index (χ2v) is 3.73. The monoisotopic (exact) mass is 270 g/mol. The number of halogens is 3. The predicted octanol–water partition coefficient (Wildman–Crippen LogP) is 3.06. The molecule has 19 heavy (non-hydrogen) atoms. The third kappa shape index (κ3) is 2.70. The van der Waals surface area contributed by atoms with Crippen LogP contribution in [0.2, 0.25) is 0 Å². The number of benzene rings is 1. The number of rotatable bonds is 2. The van der Waals surface area contributed by atoms with Crippen molar-refractivity contribution in [3.8, 4) is 11.3 Å². The van der Waals surface area contributed by atoms with Gasteiger partial charge in [0.2, 0.25) is 5.84 Å². The fourth-order valence-corrected chi connectivity index (χ4v) is 1.53. The van der Waals surface area contributed by atoms with E-state index in [-0.39, 0.29) is 22.9 Å². The zero-order valence-electron chi connectivity index (χ0n) is 9.48. The summed E-state index contributed by atoms with van der Waals surface area (Å²) in [5.74, 6) is 0.0286. The highest BCUT2D eigenvalue weighted by Crippen LogP contribution is 2.32. The van der Waals surface area contributed by atoms with E-state index in [9.17, 15) is 13.2 Å². The van der Waals surface area contributed by atoms with Gasteiger partial charge in [0.1, 0.15) is 5.76 Å². The van der Waals surface area contributed by atoms with Gasteiger partial charge >= 0.3 is 6.18 Å². The van der Waals surface area contributed by atoms with Crippen molar-refractivity contribution in [2.24, 2.45) is 10.9 Å². The average Bonchev–Trinajstić information content (AvgIpc) is 2.86. The second-order valence-electron chi connectivity index (χ2n) is 3.73. The van der Waals surface area contributed by atoms with Crippen LogP contribution in [0.1, 0.15) is 11.3 Å². The molecule has 0 bridgehead atoms. The minimum Gasteiger partial charge on any atom is -0.453 e. The summed E-state index contributed by atoms with van der Waals surface area (Å²) in [6, 6.07) is 7.55. The van der Waals surface area contributed by atoms with Gasteiger partial charge in [-0.05, 0) is 24.3 Å². The van der Waals surface area contributed by atoms with Crippen molar-refractivity contribution in [1.82, 2.24) is 0 Å². The molecule has 0 radical (unpaired) electrons. The first kappa shape index (κ1) is 13.0. The van der Waals surface area contributed by atoms with Gasteiger partial charge in [-0.25, -0.2) is 0 Å². The molecule has 2 rings (SSSR count). The van der Waals surface area contributed by atoms with E-state index in [0.717, 1.165) is 12.1 Å². The first-order chi connectivity index (χ1) is 8.91. The second kappa shape index (κ2) is 4.68. The number of alkyl halides is 3. The molecule has 0 aliphatic carbocycles. The van der Waals surface area contributed by atoms with Crippen LogP contribution in [0.5, 0.6) is 0 Å². The molecule has 0 unspecified atom stereocenters. The highest BCUT2D eigenvalue weighted by atomic mass is 19.4. The fraction of sp³-hybridized carbons (Fsp3) is 0.0833. The van der Waals surface area contributed by atoms with Crippen LogP contribution in [0.25, 0.3) is 11.3 Å². The summed E-state index contributed by atoms with van der Waals surface area (Å²) in [6.07, 6.45) is -4.42. The first-order valence-electron chi connectivity index (χ1n) is 5.17. The highest BCUT2D eigenvalue weighted by Gasteiger charge is 2.30. The summed E-state index contributed by atoms with van der Waals surface area (Å²) < 4.78 is 42.9. The molecule has 0 fully saturated rings. The lowest BCUT2D eigenvalue weighted by molar-refractivity contribution is -0.137. The van der Waals surface area contributed by atoms with E-state index in [1.54, 1.807) is 0 Å². The Bertz CT molecular complexity index is 617. The van der Waals surface area contributed by atoms with Crippen LogP contribution in [0.4, 0.5) is 13.2 Å². The zero-order valence-corrected chi connectivity index (χ0v) is 9.48. The van der Waals surface area contributed by atoms with Gasteiger partial charge in [-0.2, -0.15) is 13.2 Å². The Hall–Kier alpha value is -2.44. The van der Waals surface area contributed by atoms with Gasteiger partial charge < -0.3 is 15.4 Å². The molecule has 1 aromatic carbocycles. The fourth-order valence-electron chi connectivity index (χ4n) is 1.53. The lowest BCUT2D eigenvalue weighted by Gasteiger charge is -2.07. The number of hydrogen-bond donors (Lipinski definition) is 2. The summed E-state index contributed by atoms with van der Waals surface area (Å²) in [6.45, 7) is 0. The largest absolute Gasteiger partial charge is 0.453 e. The molecule has 3 N–H and O–H groups in total. The molecule has 1 heterocycles. The van der Waals surface area contributed by atoms with Gasteiger partial charge in [-0.3, -0.25) is 0 Å². The van der Waals surface area contributed by atoms with E-state index in [2.05, 4.69) is 5.16 Å². The van der Waals surface area contributed by atoms with Crippen LogP contribution < -0.4 is 5.73 Å².